The molecular formula is C9H7NO2S. The standard InChI is InChI=1S/C9H7NO2S/c1-5-4-8(11)12-9-6(5)2-3-7(13)10-9/h2-4H,1H3,(H,10,13). The molecule has 2 heterocycles. The maximum atomic E-state index is 11.0. The minimum atomic E-state index is -0.359. The van der Waals surface area contributed by atoms with E-state index in [0.717, 1.165) is 10.9 Å². The van der Waals surface area contributed by atoms with E-state index in [9.17, 15) is 4.79 Å². The number of aryl methyl sites for hydroxylation is 1. The van der Waals surface area contributed by atoms with Crippen LogP contribution in [0.15, 0.2) is 27.4 Å². The van der Waals surface area contributed by atoms with Crippen LogP contribution in [0.4, 0.5) is 0 Å². The minimum absolute atomic E-state index is 0.359. The molecule has 0 aliphatic heterocycles. The smallest absolute Gasteiger partial charge is 0.337 e. The molecule has 0 radical (unpaired) electrons. The summed E-state index contributed by atoms with van der Waals surface area (Å²) < 4.78 is 5.50. The summed E-state index contributed by atoms with van der Waals surface area (Å²) in [5.41, 5.74) is 0.969. The summed E-state index contributed by atoms with van der Waals surface area (Å²) in [5, 5.41) is 0.883. The van der Waals surface area contributed by atoms with Gasteiger partial charge in [-0.15, -0.1) is 0 Å². The first-order valence-electron chi connectivity index (χ1n) is 3.80. The Bertz CT molecular complexity index is 562. The summed E-state index contributed by atoms with van der Waals surface area (Å²) in [5.74, 6) is 0. The summed E-state index contributed by atoms with van der Waals surface area (Å²) in [7, 11) is 0. The molecule has 0 aliphatic carbocycles. The molecule has 1 N–H and O–H groups in total. The Kier molecular flexibility index (Phi) is 1.77. The Morgan fingerprint density at radius 2 is 2.23 bits per heavy atom. The van der Waals surface area contributed by atoms with Crippen LogP contribution in [-0.4, -0.2) is 4.98 Å². The first kappa shape index (κ1) is 8.19. The molecule has 2 aromatic heterocycles. The van der Waals surface area contributed by atoms with Gasteiger partial charge in [-0.3, -0.25) is 0 Å². The van der Waals surface area contributed by atoms with Crippen molar-refractivity contribution in [1.82, 2.24) is 4.98 Å². The van der Waals surface area contributed by atoms with Crippen LogP contribution in [0.1, 0.15) is 5.56 Å². The van der Waals surface area contributed by atoms with E-state index in [0.29, 0.717) is 10.4 Å². The number of rotatable bonds is 0. The van der Waals surface area contributed by atoms with Crippen molar-refractivity contribution in [1.29, 1.82) is 0 Å². The highest BCUT2D eigenvalue weighted by Crippen LogP contribution is 2.12. The third-order valence-electron chi connectivity index (χ3n) is 1.84. The molecule has 0 bridgehead atoms. The van der Waals surface area contributed by atoms with Gasteiger partial charge >= 0.3 is 5.63 Å². The first-order valence-corrected chi connectivity index (χ1v) is 4.21. The molecule has 0 amide bonds. The number of fused-ring (bicyclic) bond motifs is 1. The lowest BCUT2D eigenvalue weighted by atomic mass is 10.2. The van der Waals surface area contributed by atoms with Gasteiger partial charge in [-0.2, -0.15) is 0 Å². The Morgan fingerprint density at radius 1 is 1.46 bits per heavy atom. The van der Waals surface area contributed by atoms with Crippen molar-refractivity contribution in [3.63, 3.8) is 0 Å². The zero-order chi connectivity index (χ0) is 9.42. The monoisotopic (exact) mass is 193 g/mol. The fraction of sp³-hybridized carbons (Fsp3) is 0.111. The molecule has 66 valence electrons. The predicted molar refractivity (Wildman–Crippen MR) is 52.4 cm³/mol. The summed E-state index contributed by atoms with van der Waals surface area (Å²) in [6, 6.07) is 5.07. The molecule has 0 atom stereocenters. The molecule has 0 aromatic carbocycles. The van der Waals surface area contributed by atoms with Gasteiger partial charge in [-0.05, 0) is 24.6 Å². The third-order valence-corrected chi connectivity index (χ3v) is 2.08. The first-order chi connectivity index (χ1) is 6.16. The van der Waals surface area contributed by atoms with E-state index in [1.165, 1.54) is 6.07 Å². The van der Waals surface area contributed by atoms with Crippen molar-refractivity contribution in [2.24, 2.45) is 0 Å². The Hall–Kier alpha value is -1.42. The van der Waals surface area contributed by atoms with E-state index in [1.807, 2.05) is 13.0 Å². The van der Waals surface area contributed by atoms with Gasteiger partial charge in [0.2, 0.25) is 5.71 Å². The van der Waals surface area contributed by atoms with Crippen LogP contribution in [0.3, 0.4) is 0 Å². The van der Waals surface area contributed by atoms with E-state index in [4.69, 9.17) is 16.6 Å². The van der Waals surface area contributed by atoms with E-state index in [-0.39, 0.29) is 5.63 Å². The molecule has 2 aromatic rings. The van der Waals surface area contributed by atoms with E-state index < -0.39 is 0 Å². The maximum Gasteiger partial charge on any atom is 0.337 e. The molecule has 4 heteroatoms. The molecule has 0 unspecified atom stereocenters. The quantitative estimate of drug-likeness (QED) is 0.652. The van der Waals surface area contributed by atoms with Crippen LogP contribution in [0.25, 0.3) is 11.1 Å². The van der Waals surface area contributed by atoms with Crippen molar-refractivity contribution in [2.45, 2.75) is 6.92 Å². The average molecular weight is 193 g/mol. The van der Waals surface area contributed by atoms with Gasteiger partial charge in [0.05, 0.1) is 0 Å². The molecular weight excluding hydrogens is 186 g/mol. The average Bonchev–Trinajstić information content (AvgIpc) is 2.02. The van der Waals surface area contributed by atoms with Crippen LogP contribution in [-0.2, 0) is 0 Å². The number of pyridine rings is 1. The topological polar surface area (TPSA) is 46.0 Å². The largest absolute Gasteiger partial charge is 0.406 e. The second kappa shape index (κ2) is 2.81. The van der Waals surface area contributed by atoms with Gasteiger partial charge in [-0.1, -0.05) is 12.2 Å². The molecule has 0 saturated carbocycles. The highest BCUT2D eigenvalue weighted by Gasteiger charge is 2.00. The fourth-order valence-corrected chi connectivity index (χ4v) is 1.39. The number of aromatic nitrogens is 1. The maximum absolute atomic E-state index is 11.0. The molecule has 13 heavy (non-hydrogen) atoms. The van der Waals surface area contributed by atoms with Crippen LogP contribution >= 0.6 is 12.2 Å². The molecule has 3 nitrogen and oxygen atoms in total. The fourth-order valence-electron chi connectivity index (χ4n) is 1.23. The number of aromatic amines is 1. The van der Waals surface area contributed by atoms with Crippen LogP contribution < -0.4 is 5.63 Å². The zero-order valence-corrected chi connectivity index (χ0v) is 7.77. The lowest BCUT2D eigenvalue weighted by molar-refractivity contribution is 0.548. The van der Waals surface area contributed by atoms with E-state index in [2.05, 4.69) is 4.98 Å². The Morgan fingerprint density at radius 3 is 3.00 bits per heavy atom. The van der Waals surface area contributed by atoms with Gasteiger partial charge in [-0.25, -0.2) is 4.79 Å². The predicted octanol–water partition coefficient (Wildman–Crippen LogP) is 2.16. The number of hydrogen-bond donors (Lipinski definition) is 1. The van der Waals surface area contributed by atoms with Gasteiger partial charge in [0.1, 0.15) is 4.64 Å². The van der Waals surface area contributed by atoms with Crippen LogP contribution in [0.5, 0.6) is 0 Å². The summed E-state index contributed by atoms with van der Waals surface area (Å²) in [6.07, 6.45) is 0. The third kappa shape index (κ3) is 1.40. The normalized spacial score (nSPS) is 10.5. The highest BCUT2D eigenvalue weighted by atomic mass is 32.1. The SMILES string of the molecule is Cc1cc(=O)oc2[nH]c(=S)ccc12. The number of nitrogens with one attached hydrogen (secondary N) is 1. The van der Waals surface area contributed by atoms with Gasteiger partial charge in [0.25, 0.3) is 0 Å². The number of hydrogen-bond acceptors (Lipinski definition) is 3. The van der Waals surface area contributed by atoms with E-state index >= 15 is 0 Å². The van der Waals surface area contributed by atoms with Gasteiger partial charge < -0.3 is 9.40 Å². The number of H-pyrrole nitrogens is 1. The van der Waals surface area contributed by atoms with Crippen molar-refractivity contribution >= 4 is 23.3 Å². The molecule has 0 saturated heterocycles. The lowest BCUT2D eigenvalue weighted by Gasteiger charge is -1.98. The van der Waals surface area contributed by atoms with Gasteiger partial charge in [0.15, 0.2) is 0 Å². The van der Waals surface area contributed by atoms with Crippen molar-refractivity contribution < 1.29 is 4.42 Å². The van der Waals surface area contributed by atoms with Crippen molar-refractivity contribution in [3.8, 4) is 0 Å². The van der Waals surface area contributed by atoms with Gasteiger partial charge in [0, 0.05) is 11.5 Å². The summed E-state index contributed by atoms with van der Waals surface area (Å²) >= 11 is 4.91. The lowest BCUT2D eigenvalue weighted by Crippen LogP contribution is -1.98. The van der Waals surface area contributed by atoms with E-state index in [1.54, 1.807) is 6.07 Å². The molecule has 0 aliphatic rings. The second-order valence-corrected chi connectivity index (χ2v) is 3.25. The molecule has 2 rings (SSSR count). The highest BCUT2D eigenvalue weighted by molar-refractivity contribution is 7.71. The van der Waals surface area contributed by atoms with Crippen molar-refractivity contribution in [3.05, 3.63) is 38.8 Å². The van der Waals surface area contributed by atoms with Crippen LogP contribution in [0, 0.1) is 11.6 Å². The van der Waals surface area contributed by atoms with Crippen LogP contribution in [0.2, 0.25) is 0 Å². The summed E-state index contributed by atoms with van der Waals surface area (Å²) in [6.45, 7) is 1.86. The summed E-state index contributed by atoms with van der Waals surface area (Å²) in [4.78, 5) is 13.8. The van der Waals surface area contributed by atoms with Crippen molar-refractivity contribution in [2.75, 3.05) is 0 Å². The zero-order valence-electron chi connectivity index (χ0n) is 6.96. The minimum Gasteiger partial charge on any atom is -0.406 e. The Labute approximate surface area is 79.0 Å². The Balaban J connectivity index is 3.03. The molecule has 0 spiro atoms. The second-order valence-electron chi connectivity index (χ2n) is 2.81. The molecule has 0 fully saturated rings.